The van der Waals surface area contributed by atoms with E-state index in [0.717, 1.165) is 24.5 Å². The Balaban J connectivity index is 1.55. The Kier molecular flexibility index (Phi) is 3.43. The third-order valence-corrected chi connectivity index (χ3v) is 5.47. The molecule has 3 aromatic rings. The zero-order chi connectivity index (χ0) is 18.7. The zero-order valence-electron chi connectivity index (χ0n) is 15.3. The summed E-state index contributed by atoms with van der Waals surface area (Å²) in [6.45, 7) is 3.13. The van der Waals surface area contributed by atoms with Crippen LogP contribution in [0.1, 0.15) is 53.9 Å². The molecule has 5 rings (SSSR count). The topological polar surface area (TPSA) is 85.9 Å². The van der Waals surface area contributed by atoms with E-state index >= 15 is 0 Å². The first kappa shape index (κ1) is 16.2. The maximum Gasteiger partial charge on any atom is 0.275 e. The highest BCUT2D eigenvalue weighted by atomic mass is 16.2. The van der Waals surface area contributed by atoms with Crippen molar-refractivity contribution in [1.82, 2.24) is 29.4 Å². The van der Waals surface area contributed by atoms with Gasteiger partial charge in [0.1, 0.15) is 5.82 Å². The lowest BCUT2D eigenvalue weighted by atomic mass is 10.1. The van der Waals surface area contributed by atoms with Crippen molar-refractivity contribution in [2.24, 2.45) is 7.05 Å². The van der Waals surface area contributed by atoms with Crippen molar-refractivity contribution in [1.29, 1.82) is 0 Å². The number of benzene rings is 1. The van der Waals surface area contributed by atoms with Crippen LogP contribution in [0.3, 0.4) is 0 Å². The molecule has 0 spiro atoms. The molecule has 3 heterocycles. The Hall–Kier alpha value is -3.03. The Morgan fingerprint density at radius 3 is 2.59 bits per heavy atom. The SMILES string of the molecule is C[C@@H]1c2nc(C3CC3)nn2CCN1C(=O)c1nn(C)c(=O)c2ccccc12. The summed E-state index contributed by atoms with van der Waals surface area (Å²) in [5, 5.41) is 9.98. The Morgan fingerprint density at radius 1 is 1.11 bits per heavy atom. The molecule has 2 aromatic heterocycles. The van der Waals surface area contributed by atoms with Crippen LogP contribution in [0.5, 0.6) is 0 Å². The summed E-state index contributed by atoms with van der Waals surface area (Å²) in [5.41, 5.74) is 0.0950. The van der Waals surface area contributed by atoms with Crippen LogP contribution in [-0.4, -0.2) is 41.9 Å². The van der Waals surface area contributed by atoms with Gasteiger partial charge in [-0.25, -0.2) is 14.3 Å². The van der Waals surface area contributed by atoms with Gasteiger partial charge in [0.05, 0.1) is 18.0 Å². The first-order chi connectivity index (χ1) is 13.0. The van der Waals surface area contributed by atoms with Crippen molar-refractivity contribution in [2.45, 2.75) is 38.3 Å². The van der Waals surface area contributed by atoms with Gasteiger partial charge in [0, 0.05) is 24.9 Å². The minimum atomic E-state index is -0.206. The number of fused-ring (bicyclic) bond motifs is 2. The second-order valence-corrected chi connectivity index (χ2v) is 7.32. The molecule has 8 nitrogen and oxygen atoms in total. The lowest BCUT2D eigenvalue weighted by Crippen LogP contribution is -2.42. The summed E-state index contributed by atoms with van der Waals surface area (Å²) >= 11 is 0. The average Bonchev–Trinajstić information content (AvgIpc) is 3.43. The van der Waals surface area contributed by atoms with Gasteiger partial charge in [-0.15, -0.1) is 0 Å². The van der Waals surface area contributed by atoms with Gasteiger partial charge in [-0.05, 0) is 25.8 Å². The molecule has 2 aliphatic rings. The van der Waals surface area contributed by atoms with Crippen LogP contribution >= 0.6 is 0 Å². The van der Waals surface area contributed by atoms with Crippen molar-refractivity contribution >= 4 is 16.7 Å². The van der Waals surface area contributed by atoms with Gasteiger partial charge in [-0.3, -0.25) is 9.59 Å². The Bertz CT molecular complexity index is 1130. The second kappa shape index (κ2) is 5.73. The highest BCUT2D eigenvalue weighted by Gasteiger charge is 2.35. The summed E-state index contributed by atoms with van der Waals surface area (Å²) in [5.74, 6) is 2.02. The second-order valence-electron chi connectivity index (χ2n) is 7.32. The number of carbonyl (C=O) groups is 1. The molecule has 8 heteroatoms. The molecule has 1 amide bonds. The van der Waals surface area contributed by atoms with Crippen LogP contribution in [-0.2, 0) is 13.6 Å². The number of rotatable bonds is 2. The van der Waals surface area contributed by atoms with Gasteiger partial charge in [-0.1, -0.05) is 18.2 Å². The van der Waals surface area contributed by atoms with Gasteiger partial charge in [0.2, 0.25) is 0 Å². The molecule has 1 aliphatic heterocycles. The number of aryl methyl sites for hydroxylation is 1. The largest absolute Gasteiger partial charge is 0.325 e. The van der Waals surface area contributed by atoms with Crippen molar-refractivity contribution in [3.8, 4) is 0 Å². The zero-order valence-corrected chi connectivity index (χ0v) is 15.3. The molecule has 0 saturated heterocycles. The number of carbonyl (C=O) groups excluding carboxylic acids is 1. The maximum absolute atomic E-state index is 13.3. The van der Waals surface area contributed by atoms with Gasteiger partial charge in [0.15, 0.2) is 11.5 Å². The summed E-state index contributed by atoms with van der Waals surface area (Å²) in [7, 11) is 1.57. The molecule has 0 radical (unpaired) electrons. The summed E-state index contributed by atoms with van der Waals surface area (Å²) in [6, 6.07) is 6.93. The minimum Gasteiger partial charge on any atom is -0.325 e. The van der Waals surface area contributed by atoms with E-state index in [2.05, 4.69) is 10.2 Å². The standard InChI is InChI=1S/C19H20N6O2/c1-11-17-20-16(12-7-8-12)22-25(17)10-9-24(11)19(27)15-13-5-3-4-6-14(13)18(26)23(2)21-15/h3-6,11-12H,7-10H2,1-2H3/t11-/m1/s1. The fourth-order valence-corrected chi connectivity index (χ4v) is 3.77. The van der Waals surface area contributed by atoms with Crippen LogP contribution < -0.4 is 5.56 Å². The Labute approximate surface area is 155 Å². The lowest BCUT2D eigenvalue weighted by Gasteiger charge is -2.32. The highest BCUT2D eigenvalue weighted by Crippen LogP contribution is 2.39. The fourth-order valence-electron chi connectivity index (χ4n) is 3.77. The van der Waals surface area contributed by atoms with E-state index < -0.39 is 0 Å². The van der Waals surface area contributed by atoms with E-state index in [0.29, 0.717) is 35.5 Å². The van der Waals surface area contributed by atoms with Crippen LogP contribution in [0.4, 0.5) is 0 Å². The van der Waals surface area contributed by atoms with E-state index in [4.69, 9.17) is 4.98 Å². The van der Waals surface area contributed by atoms with Gasteiger partial charge in [-0.2, -0.15) is 10.2 Å². The number of nitrogens with zero attached hydrogens (tertiary/aromatic N) is 6. The van der Waals surface area contributed by atoms with Gasteiger partial charge >= 0.3 is 0 Å². The number of amides is 1. The number of aromatic nitrogens is 5. The van der Waals surface area contributed by atoms with Crippen LogP contribution in [0.2, 0.25) is 0 Å². The smallest absolute Gasteiger partial charge is 0.275 e. The van der Waals surface area contributed by atoms with E-state index in [-0.39, 0.29) is 17.5 Å². The third kappa shape index (κ3) is 2.47. The number of hydrogen-bond donors (Lipinski definition) is 0. The molecule has 1 aliphatic carbocycles. The molecule has 1 aromatic carbocycles. The van der Waals surface area contributed by atoms with Crippen LogP contribution in [0.15, 0.2) is 29.1 Å². The lowest BCUT2D eigenvalue weighted by molar-refractivity contribution is 0.0624. The summed E-state index contributed by atoms with van der Waals surface area (Å²) < 4.78 is 3.16. The molecule has 1 fully saturated rings. The molecular formula is C19H20N6O2. The van der Waals surface area contributed by atoms with Crippen molar-refractivity contribution in [3.05, 3.63) is 52.0 Å². The van der Waals surface area contributed by atoms with Crippen LogP contribution in [0.25, 0.3) is 10.8 Å². The fraction of sp³-hybridized carbons (Fsp3) is 0.421. The molecular weight excluding hydrogens is 344 g/mol. The summed E-state index contributed by atoms with van der Waals surface area (Å²) in [4.78, 5) is 32.1. The molecule has 27 heavy (non-hydrogen) atoms. The molecule has 1 saturated carbocycles. The molecule has 1 atom stereocenters. The molecule has 0 bridgehead atoms. The Morgan fingerprint density at radius 2 is 1.85 bits per heavy atom. The van der Waals surface area contributed by atoms with E-state index in [1.54, 1.807) is 30.1 Å². The van der Waals surface area contributed by atoms with E-state index in [1.165, 1.54) is 4.68 Å². The normalized spacial score (nSPS) is 19.3. The molecule has 138 valence electrons. The maximum atomic E-state index is 13.3. The molecule has 0 N–H and O–H groups in total. The third-order valence-electron chi connectivity index (χ3n) is 5.47. The first-order valence-electron chi connectivity index (χ1n) is 9.26. The van der Waals surface area contributed by atoms with E-state index in [1.807, 2.05) is 17.7 Å². The van der Waals surface area contributed by atoms with Crippen molar-refractivity contribution < 1.29 is 4.79 Å². The average molecular weight is 364 g/mol. The van der Waals surface area contributed by atoms with Gasteiger partial charge < -0.3 is 4.90 Å². The predicted molar refractivity (Wildman–Crippen MR) is 98.4 cm³/mol. The number of hydrogen-bond acceptors (Lipinski definition) is 5. The van der Waals surface area contributed by atoms with Gasteiger partial charge in [0.25, 0.3) is 11.5 Å². The first-order valence-corrected chi connectivity index (χ1v) is 9.26. The van der Waals surface area contributed by atoms with E-state index in [9.17, 15) is 9.59 Å². The van der Waals surface area contributed by atoms with Crippen molar-refractivity contribution in [3.63, 3.8) is 0 Å². The quantitative estimate of drug-likeness (QED) is 0.690. The monoisotopic (exact) mass is 364 g/mol. The van der Waals surface area contributed by atoms with Crippen molar-refractivity contribution in [2.75, 3.05) is 6.54 Å². The van der Waals surface area contributed by atoms with Crippen LogP contribution in [0, 0.1) is 0 Å². The minimum absolute atomic E-state index is 0.184. The summed E-state index contributed by atoms with van der Waals surface area (Å²) in [6.07, 6.45) is 2.29. The molecule has 0 unspecified atom stereocenters. The highest BCUT2D eigenvalue weighted by molar-refractivity contribution is 6.04. The predicted octanol–water partition coefficient (Wildman–Crippen LogP) is 1.62.